The predicted octanol–water partition coefficient (Wildman–Crippen LogP) is 1.57. The van der Waals surface area contributed by atoms with Crippen LogP contribution in [-0.4, -0.2) is 28.1 Å². The fraction of sp³-hybridized carbons (Fsp3) is 0.700. The Morgan fingerprint density at radius 2 is 2.50 bits per heavy atom. The summed E-state index contributed by atoms with van der Waals surface area (Å²) in [4.78, 5) is 0. The zero-order chi connectivity index (χ0) is 9.97. The van der Waals surface area contributed by atoms with Gasteiger partial charge in [-0.25, -0.2) is 0 Å². The van der Waals surface area contributed by atoms with E-state index < -0.39 is 0 Å². The van der Waals surface area contributed by atoms with Crippen molar-refractivity contribution in [3.63, 3.8) is 0 Å². The summed E-state index contributed by atoms with van der Waals surface area (Å²) in [7, 11) is 2.02. The Bertz CT molecular complexity index is 302. The molecule has 1 atom stereocenters. The van der Waals surface area contributed by atoms with Gasteiger partial charge < -0.3 is 5.32 Å². The highest BCUT2D eigenvalue weighted by Crippen LogP contribution is 2.27. The third kappa shape index (κ3) is 2.30. The van der Waals surface area contributed by atoms with Crippen molar-refractivity contribution in [3.05, 3.63) is 11.8 Å². The quantitative estimate of drug-likeness (QED) is 0.805. The van der Waals surface area contributed by atoms with E-state index in [2.05, 4.69) is 16.5 Å². The maximum Gasteiger partial charge on any atom is 0.0942 e. The van der Waals surface area contributed by atoms with E-state index in [9.17, 15) is 0 Å². The number of rotatable bonds is 2. The molecule has 78 valence electrons. The van der Waals surface area contributed by atoms with Crippen LogP contribution in [0.25, 0.3) is 0 Å². The highest BCUT2D eigenvalue weighted by Gasteiger charge is 2.15. The van der Waals surface area contributed by atoms with Crippen LogP contribution in [0.2, 0.25) is 0 Å². The fourth-order valence-corrected chi connectivity index (χ4v) is 3.05. The number of nitrogens with one attached hydrogen (secondary N) is 1. The van der Waals surface area contributed by atoms with E-state index in [0.29, 0.717) is 0 Å². The van der Waals surface area contributed by atoms with Gasteiger partial charge in [-0.05, 0) is 32.4 Å². The largest absolute Gasteiger partial charge is 0.316 e. The number of hydrogen-bond acceptors (Lipinski definition) is 3. The molecule has 0 bridgehead atoms. The molecule has 1 aromatic rings. The number of hydrogen-bond donors (Lipinski definition) is 1. The lowest BCUT2D eigenvalue weighted by molar-refractivity contribution is 0.530. The second kappa shape index (κ2) is 4.36. The van der Waals surface area contributed by atoms with Crippen LogP contribution in [0.3, 0.4) is 0 Å². The van der Waals surface area contributed by atoms with E-state index in [1.165, 1.54) is 24.4 Å². The first-order valence-corrected chi connectivity index (χ1v) is 6.01. The monoisotopic (exact) mass is 211 g/mol. The summed E-state index contributed by atoms with van der Waals surface area (Å²) in [5, 5.41) is 9.79. The molecule has 14 heavy (non-hydrogen) atoms. The van der Waals surface area contributed by atoms with Crippen molar-refractivity contribution in [1.29, 1.82) is 0 Å². The minimum atomic E-state index is 0.721. The number of thioether (sulfide) groups is 1. The van der Waals surface area contributed by atoms with Gasteiger partial charge in [-0.2, -0.15) is 5.10 Å². The van der Waals surface area contributed by atoms with Crippen molar-refractivity contribution >= 4 is 11.8 Å². The van der Waals surface area contributed by atoms with E-state index in [-0.39, 0.29) is 0 Å². The molecule has 1 unspecified atom stereocenters. The molecule has 1 aliphatic rings. The van der Waals surface area contributed by atoms with Crippen molar-refractivity contribution in [1.82, 2.24) is 15.1 Å². The maximum absolute atomic E-state index is 4.35. The first-order valence-electron chi connectivity index (χ1n) is 5.14. The molecule has 1 aliphatic heterocycles. The molecule has 0 radical (unpaired) electrons. The average molecular weight is 211 g/mol. The molecule has 2 rings (SSSR count). The standard InChI is InChI=1S/C10H17N3S/c1-8-6-10(13(2)12-8)14-9-4-3-5-11-7-9/h6,9,11H,3-5,7H2,1-2H3. The molecule has 4 heteroatoms. The highest BCUT2D eigenvalue weighted by molar-refractivity contribution is 7.99. The summed E-state index contributed by atoms with van der Waals surface area (Å²) >= 11 is 1.95. The zero-order valence-electron chi connectivity index (χ0n) is 8.79. The van der Waals surface area contributed by atoms with Gasteiger partial charge in [0.05, 0.1) is 10.7 Å². The van der Waals surface area contributed by atoms with Gasteiger partial charge in [-0.1, -0.05) is 0 Å². The van der Waals surface area contributed by atoms with Crippen LogP contribution in [0, 0.1) is 6.92 Å². The molecule has 0 spiro atoms. The lowest BCUT2D eigenvalue weighted by Crippen LogP contribution is -2.31. The van der Waals surface area contributed by atoms with Gasteiger partial charge in [0.2, 0.25) is 0 Å². The molecule has 0 aliphatic carbocycles. The molecule has 1 fully saturated rings. The van der Waals surface area contributed by atoms with Crippen molar-refractivity contribution in [2.75, 3.05) is 13.1 Å². The molecule has 2 heterocycles. The molecule has 1 N–H and O–H groups in total. The van der Waals surface area contributed by atoms with Gasteiger partial charge in [0.15, 0.2) is 0 Å². The first-order chi connectivity index (χ1) is 6.75. The summed E-state index contributed by atoms with van der Waals surface area (Å²) in [6.45, 7) is 4.36. The van der Waals surface area contributed by atoms with E-state index >= 15 is 0 Å². The average Bonchev–Trinajstić information content (AvgIpc) is 2.47. The summed E-state index contributed by atoms with van der Waals surface area (Å²) in [6.07, 6.45) is 2.62. The number of aryl methyl sites for hydroxylation is 2. The Balaban J connectivity index is 1.98. The number of piperidine rings is 1. The second-order valence-electron chi connectivity index (χ2n) is 3.83. The Hall–Kier alpha value is -0.480. The van der Waals surface area contributed by atoms with E-state index in [4.69, 9.17) is 0 Å². The summed E-state index contributed by atoms with van der Waals surface area (Å²) in [6, 6.07) is 2.17. The normalized spacial score (nSPS) is 22.6. The Kier molecular flexibility index (Phi) is 3.13. The van der Waals surface area contributed by atoms with Crippen molar-refractivity contribution < 1.29 is 0 Å². The van der Waals surface area contributed by atoms with Gasteiger partial charge in [0.1, 0.15) is 0 Å². The molecular formula is C10H17N3S. The van der Waals surface area contributed by atoms with Crippen LogP contribution in [0.4, 0.5) is 0 Å². The van der Waals surface area contributed by atoms with Crippen LogP contribution >= 0.6 is 11.8 Å². The van der Waals surface area contributed by atoms with E-state index in [1.54, 1.807) is 0 Å². The minimum absolute atomic E-state index is 0.721. The maximum atomic E-state index is 4.35. The molecule has 1 saturated heterocycles. The topological polar surface area (TPSA) is 29.9 Å². The summed E-state index contributed by atoms with van der Waals surface area (Å²) < 4.78 is 1.98. The predicted molar refractivity (Wildman–Crippen MR) is 59.7 cm³/mol. The zero-order valence-corrected chi connectivity index (χ0v) is 9.60. The van der Waals surface area contributed by atoms with E-state index in [1.807, 2.05) is 30.4 Å². The molecule has 1 aromatic heterocycles. The minimum Gasteiger partial charge on any atom is -0.316 e. The van der Waals surface area contributed by atoms with Crippen molar-refractivity contribution in [2.45, 2.75) is 30.0 Å². The molecule has 0 aromatic carbocycles. The molecule has 0 saturated carbocycles. The smallest absolute Gasteiger partial charge is 0.0942 e. The lowest BCUT2D eigenvalue weighted by Gasteiger charge is -2.21. The molecule has 0 amide bonds. The van der Waals surface area contributed by atoms with Crippen LogP contribution in [-0.2, 0) is 7.05 Å². The molecule has 3 nitrogen and oxygen atoms in total. The SMILES string of the molecule is Cc1cc(SC2CCCNC2)n(C)n1. The number of nitrogens with zero attached hydrogens (tertiary/aromatic N) is 2. The summed E-state index contributed by atoms with van der Waals surface area (Å²) in [5.41, 5.74) is 1.11. The van der Waals surface area contributed by atoms with Crippen molar-refractivity contribution in [3.8, 4) is 0 Å². The van der Waals surface area contributed by atoms with Gasteiger partial charge in [-0.3, -0.25) is 4.68 Å². The van der Waals surface area contributed by atoms with Crippen LogP contribution in [0.15, 0.2) is 11.1 Å². The van der Waals surface area contributed by atoms with Crippen LogP contribution < -0.4 is 5.32 Å². The van der Waals surface area contributed by atoms with E-state index in [0.717, 1.165) is 17.5 Å². The molecular weight excluding hydrogens is 194 g/mol. The Labute approximate surface area is 89.3 Å². The third-order valence-corrected chi connectivity index (χ3v) is 3.86. The van der Waals surface area contributed by atoms with Crippen LogP contribution in [0.1, 0.15) is 18.5 Å². The van der Waals surface area contributed by atoms with Gasteiger partial charge >= 0.3 is 0 Å². The highest BCUT2D eigenvalue weighted by atomic mass is 32.2. The fourth-order valence-electron chi connectivity index (χ4n) is 1.79. The van der Waals surface area contributed by atoms with Gasteiger partial charge in [0.25, 0.3) is 0 Å². The second-order valence-corrected chi connectivity index (χ2v) is 5.15. The summed E-state index contributed by atoms with van der Waals surface area (Å²) in [5.74, 6) is 0. The third-order valence-electron chi connectivity index (χ3n) is 2.50. The Morgan fingerprint density at radius 1 is 1.64 bits per heavy atom. The Morgan fingerprint density at radius 3 is 3.07 bits per heavy atom. The number of aromatic nitrogens is 2. The first kappa shape index (κ1) is 10.1. The van der Waals surface area contributed by atoms with Crippen molar-refractivity contribution in [2.24, 2.45) is 7.05 Å². The van der Waals surface area contributed by atoms with Gasteiger partial charge in [0, 0.05) is 18.8 Å². The lowest BCUT2D eigenvalue weighted by atomic mass is 10.2. The van der Waals surface area contributed by atoms with Gasteiger partial charge in [-0.15, -0.1) is 11.8 Å². The van der Waals surface area contributed by atoms with Crippen LogP contribution in [0.5, 0.6) is 0 Å².